The molecule has 1 aliphatic heterocycles. The number of benzene rings is 2. The lowest BCUT2D eigenvalue weighted by molar-refractivity contribution is -0.150. The molecule has 3 rings (SSSR count). The van der Waals surface area contributed by atoms with E-state index in [0.717, 1.165) is 5.56 Å². The van der Waals surface area contributed by atoms with E-state index in [2.05, 4.69) is 27.3 Å². The van der Waals surface area contributed by atoms with Gasteiger partial charge in [0.05, 0.1) is 35.4 Å². The molecule has 10 heteroatoms. The van der Waals surface area contributed by atoms with E-state index in [1.54, 1.807) is 36.4 Å². The number of nitrogens with zero attached hydrogens (tertiary/aromatic N) is 1. The molecule has 2 atom stereocenters. The summed E-state index contributed by atoms with van der Waals surface area (Å²) in [4.78, 5) is 25.4. The molecule has 0 saturated heterocycles. The minimum atomic E-state index is -1.21. The van der Waals surface area contributed by atoms with Gasteiger partial charge < -0.3 is 14.8 Å². The van der Waals surface area contributed by atoms with Crippen LogP contribution in [0.3, 0.4) is 0 Å². The van der Waals surface area contributed by atoms with Crippen LogP contribution in [0.4, 0.5) is 0 Å². The second-order valence-electron chi connectivity index (χ2n) is 6.74. The number of halogens is 3. The Hall–Kier alpha value is -2.18. The topological polar surface area (TPSA) is 88.4 Å². The number of methoxy groups -OCH3 is 2. The molecule has 0 unspecified atom stereocenters. The second-order valence-corrected chi connectivity index (χ2v) is 9.42. The molecule has 1 N–H and O–H groups in total. The van der Waals surface area contributed by atoms with Gasteiger partial charge in [0, 0.05) is 21.7 Å². The summed E-state index contributed by atoms with van der Waals surface area (Å²) in [5.74, 6) is -2.34. The number of carbonyl (C=O) groups excluding carboxylic acids is 2. The number of hydrogen-bond donors (Lipinski definition) is 1. The first-order chi connectivity index (χ1) is 15.3. The summed E-state index contributed by atoms with van der Waals surface area (Å²) in [6, 6.07) is 12.5. The maximum absolute atomic E-state index is 12.9. The SMILES string of the molecule is COC(=O)[C@H]1C(=O)NC(SCc2ccc(Cl)cc2Cl)=C(C#N)[C@H]1c1ccc(OC)c(Br)c1. The summed E-state index contributed by atoms with van der Waals surface area (Å²) in [5, 5.41) is 14.1. The highest BCUT2D eigenvalue weighted by Crippen LogP contribution is 2.42. The van der Waals surface area contributed by atoms with Gasteiger partial charge in [-0.05, 0) is 51.3 Å². The number of ether oxygens (including phenoxy) is 2. The largest absolute Gasteiger partial charge is 0.496 e. The Kier molecular flexibility index (Phi) is 8.12. The highest BCUT2D eigenvalue weighted by atomic mass is 79.9. The predicted molar refractivity (Wildman–Crippen MR) is 127 cm³/mol. The molecule has 1 amide bonds. The zero-order chi connectivity index (χ0) is 23.4. The number of allylic oxidation sites excluding steroid dienone is 1. The van der Waals surface area contributed by atoms with Gasteiger partial charge in [0.1, 0.15) is 11.7 Å². The van der Waals surface area contributed by atoms with Gasteiger partial charge in [-0.15, -0.1) is 11.8 Å². The Morgan fingerprint density at radius 2 is 2.00 bits per heavy atom. The van der Waals surface area contributed by atoms with Crippen LogP contribution in [-0.2, 0) is 20.1 Å². The molecule has 0 bridgehead atoms. The molecule has 0 fully saturated rings. The van der Waals surface area contributed by atoms with Crippen LogP contribution in [0.5, 0.6) is 5.75 Å². The lowest BCUT2D eigenvalue weighted by atomic mass is 9.78. The van der Waals surface area contributed by atoms with E-state index in [4.69, 9.17) is 32.7 Å². The lowest BCUT2D eigenvalue weighted by Crippen LogP contribution is -2.44. The van der Waals surface area contributed by atoms with E-state index in [9.17, 15) is 14.9 Å². The monoisotopic (exact) mass is 554 g/mol. The van der Waals surface area contributed by atoms with Crippen molar-refractivity contribution in [2.45, 2.75) is 11.7 Å². The smallest absolute Gasteiger partial charge is 0.319 e. The van der Waals surface area contributed by atoms with Gasteiger partial charge >= 0.3 is 5.97 Å². The fourth-order valence-electron chi connectivity index (χ4n) is 3.34. The van der Waals surface area contributed by atoms with Gasteiger partial charge in [-0.2, -0.15) is 5.26 Å². The van der Waals surface area contributed by atoms with Gasteiger partial charge in [0.2, 0.25) is 5.91 Å². The van der Waals surface area contributed by atoms with Crippen molar-refractivity contribution in [3.63, 3.8) is 0 Å². The zero-order valence-corrected chi connectivity index (χ0v) is 20.9. The molecule has 166 valence electrons. The summed E-state index contributed by atoms with van der Waals surface area (Å²) in [6.07, 6.45) is 0. The lowest BCUT2D eigenvalue weighted by Gasteiger charge is -2.31. The first kappa shape index (κ1) is 24.5. The fourth-order valence-corrected chi connectivity index (χ4v) is 5.51. The van der Waals surface area contributed by atoms with Crippen molar-refractivity contribution in [2.75, 3.05) is 14.2 Å². The normalized spacial score (nSPS) is 18.1. The van der Waals surface area contributed by atoms with E-state index >= 15 is 0 Å². The van der Waals surface area contributed by atoms with Crippen molar-refractivity contribution >= 4 is 62.8 Å². The zero-order valence-electron chi connectivity index (χ0n) is 16.9. The Bertz CT molecular complexity index is 1150. The van der Waals surface area contributed by atoms with Crippen molar-refractivity contribution in [3.8, 4) is 11.8 Å². The molecular formula is C22H17BrCl2N2O4S. The maximum atomic E-state index is 12.9. The van der Waals surface area contributed by atoms with Crippen LogP contribution in [0.2, 0.25) is 10.0 Å². The van der Waals surface area contributed by atoms with E-state index < -0.39 is 23.7 Å². The first-order valence-corrected chi connectivity index (χ1v) is 11.8. The average Bonchev–Trinajstić information content (AvgIpc) is 2.77. The summed E-state index contributed by atoms with van der Waals surface area (Å²) >= 11 is 16.9. The molecule has 32 heavy (non-hydrogen) atoms. The number of amides is 1. The van der Waals surface area contributed by atoms with E-state index in [1.807, 2.05) is 0 Å². The molecule has 0 aliphatic carbocycles. The third kappa shape index (κ3) is 5.07. The second kappa shape index (κ2) is 10.6. The molecule has 0 spiro atoms. The van der Waals surface area contributed by atoms with E-state index in [1.165, 1.54) is 26.0 Å². The minimum Gasteiger partial charge on any atom is -0.496 e. The minimum absolute atomic E-state index is 0.257. The van der Waals surface area contributed by atoms with Gasteiger partial charge in [0.15, 0.2) is 0 Å². The number of hydrogen-bond acceptors (Lipinski definition) is 6. The van der Waals surface area contributed by atoms with Crippen molar-refractivity contribution < 1.29 is 19.1 Å². The highest BCUT2D eigenvalue weighted by molar-refractivity contribution is 9.10. The Morgan fingerprint density at radius 1 is 1.25 bits per heavy atom. The van der Waals surface area contributed by atoms with Gasteiger partial charge in [-0.3, -0.25) is 9.59 Å². The molecule has 0 saturated carbocycles. The molecule has 1 aliphatic rings. The fraction of sp³-hybridized carbons (Fsp3) is 0.227. The van der Waals surface area contributed by atoms with Crippen LogP contribution in [0.1, 0.15) is 17.0 Å². The van der Waals surface area contributed by atoms with E-state index in [-0.39, 0.29) is 5.57 Å². The number of rotatable bonds is 6. The van der Waals surface area contributed by atoms with Crippen LogP contribution in [0.25, 0.3) is 0 Å². The van der Waals surface area contributed by atoms with Crippen molar-refractivity contribution in [1.29, 1.82) is 5.26 Å². The van der Waals surface area contributed by atoms with Crippen molar-refractivity contribution in [2.24, 2.45) is 5.92 Å². The van der Waals surface area contributed by atoms with Gasteiger partial charge in [0.25, 0.3) is 0 Å². The maximum Gasteiger partial charge on any atom is 0.319 e. The number of thioether (sulfide) groups is 1. The summed E-state index contributed by atoms with van der Waals surface area (Å²) in [7, 11) is 2.74. The number of nitrogens with one attached hydrogen (secondary N) is 1. The van der Waals surface area contributed by atoms with Crippen LogP contribution in [0.15, 0.2) is 51.5 Å². The highest BCUT2D eigenvalue weighted by Gasteiger charge is 2.44. The summed E-state index contributed by atoms with van der Waals surface area (Å²) in [5.41, 5.74) is 1.65. The van der Waals surface area contributed by atoms with Crippen LogP contribution >= 0.6 is 50.9 Å². The first-order valence-electron chi connectivity index (χ1n) is 9.23. The standard InChI is InChI=1S/C22H17BrCl2N2O4S/c1-30-17-6-4-11(7-15(17)23)18-14(9-26)21(27-20(28)19(18)22(29)31-2)32-10-12-3-5-13(24)8-16(12)25/h3-8,18-19H,10H2,1-2H3,(H,27,28)/t18-,19-/m1/s1. The predicted octanol–water partition coefficient (Wildman–Crippen LogP) is 5.44. The molecule has 1 heterocycles. The third-order valence-electron chi connectivity index (χ3n) is 4.91. The molecule has 2 aromatic rings. The summed E-state index contributed by atoms with van der Waals surface area (Å²) in [6.45, 7) is 0. The Balaban J connectivity index is 2.05. The number of carbonyl (C=O) groups is 2. The van der Waals surface area contributed by atoms with Crippen LogP contribution in [0, 0.1) is 17.2 Å². The van der Waals surface area contributed by atoms with Crippen molar-refractivity contribution in [1.82, 2.24) is 5.32 Å². The molecule has 0 aromatic heterocycles. The third-order valence-corrected chi connectivity index (χ3v) is 7.18. The average molecular weight is 556 g/mol. The van der Waals surface area contributed by atoms with E-state index in [0.29, 0.717) is 36.6 Å². The quantitative estimate of drug-likeness (QED) is 0.377. The Morgan fingerprint density at radius 3 is 2.59 bits per heavy atom. The summed E-state index contributed by atoms with van der Waals surface area (Å²) < 4.78 is 10.8. The molecule has 6 nitrogen and oxygen atoms in total. The molecule has 2 aromatic carbocycles. The van der Waals surface area contributed by atoms with Crippen molar-refractivity contribution in [3.05, 3.63) is 72.6 Å². The Labute approximate surface area is 208 Å². The molecular weight excluding hydrogens is 539 g/mol. The van der Waals surface area contributed by atoms with Gasteiger partial charge in [-0.25, -0.2) is 0 Å². The van der Waals surface area contributed by atoms with Crippen LogP contribution < -0.4 is 10.1 Å². The molecule has 0 radical (unpaired) electrons. The van der Waals surface area contributed by atoms with Gasteiger partial charge in [-0.1, -0.05) is 35.3 Å². The number of nitriles is 1. The number of esters is 1. The van der Waals surface area contributed by atoms with Crippen LogP contribution in [-0.4, -0.2) is 26.1 Å².